The number of ether oxygens (including phenoxy) is 2. The Hall–Kier alpha value is -1.39. The molecular formula is C14H19NO3. The molecule has 2 rings (SSSR count). The van der Waals surface area contributed by atoms with Crippen LogP contribution in [0.3, 0.4) is 0 Å². The van der Waals surface area contributed by atoms with Crippen LogP contribution in [0.2, 0.25) is 0 Å². The summed E-state index contributed by atoms with van der Waals surface area (Å²) in [5.74, 6) is 0.865. The fourth-order valence-corrected chi connectivity index (χ4v) is 2.12. The molecule has 1 unspecified atom stereocenters. The zero-order valence-corrected chi connectivity index (χ0v) is 10.9. The highest BCUT2D eigenvalue weighted by Gasteiger charge is 2.22. The van der Waals surface area contributed by atoms with Gasteiger partial charge in [-0.05, 0) is 13.0 Å². The SMILES string of the molecule is COc1ccc(C)cc1CC(=O)C1CNCCO1. The Morgan fingerprint density at radius 1 is 1.56 bits per heavy atom. The third-order valence-electron chi connectivity index (χ3n) is 3.09. The van der Waals surface area contributed by atoms with E-state index < -0.39 is 0 Å². The molecule has 1 aliphatic rings. The maximum Gasteiger partial charge on any atom is 0.167 e. The van der Waals surface area contributed by atoms with Gasteiger partial charge in [0.15, 0.2) is 5.78 Å². The summed E-state index contributed by atoms with van der Waals surface area (Å²) >= 11 is 0. The summed E-state index contributed by atoms with van der Waals surface area (Å²) in [6.45, 7) is 4.03. The predicted molar refractivity (Wildman–Crippen MR) is 69.1 cm³/mol. The van der Waals surface area contributed by atoms with Gasteiger partial charge < -0.3 is 14.8 Å². The first kappa shape index (κ1) is 13.1. The van der Waals surface area contributed by atoms with E-state index in [9.17, 15) is 4.79 Å². The first-order valence-electron chi connectivity index (χ1n) is 6.19. The average molecular weight is 249 g/mol. The molecule has 4 heteroatoms. The number of ketones is 1. The van der Waals surface area contributed by atoms with Crippen molar-refractivity contribution >= 4 is 5.78 Å². The van der Waals surface area contributed by atoms with E-state index in [0.29, 0.717) is 19.6 Å². The van der Waals surface area contributed by atoms with Gasteiger partial charge in [0.25, 0.3) is 0 Å². The van der Waals surface area contributed by atoms with Crippen LogP contribution in [-0.4, -0.2) is 38.7 Å². The Bertz CT molecular complexity index is 425. The van der Waals surface area contributed by atoms with Gasteiger partial charge in [0.1, 0.15) is 11.9 Å². The Kier molecular flexibility index (Phi) is 4.33. The molecule has 0 spiro atoms. The lowest BCUT2D eigenvalue weighted by Gasteiger charge is -2.22. The molecule has 1 N–H and O–H groups in total. The third-order valence-corrected chi connectivity index (χ3v) is 3.09. The number of hydrogen-bond acceptors (Lipinski definition) is 4. The molecule has 0 bridgehead atoms. The van der Waals surface area contributed by atoms with Crippen LogP contribution < -0.4 is 10.1 Å². The number of morpholine rings is 1. The minimum absolute atomic E-state index is 0.103. The van der Waals surface area contributed by atoms with Crippen LogP contribution in [0.5, 0.6) is 5.75 Å². The summed E-state index contributed by atoms with van der Waals surface area (Å²) in [6, 6.07) is 5.87. The summed E-state index contributed by atoms with van der Waals surface area (Å²) < 4.78 is 10.7. The van der Waals surface area contributed by atoms with Crippen LogP contribution in [0.4, 0.5) is 0 Å². The molecular weight excluding hydrogens is 230 g/mol. The molecule has 18 heavy (non-hydrogen) atoms. The highest BCUT2D eigenvalue weighted by atomic mass is 16.5. The van der Waals surface area contributed by atoms with Crippen molar-refractivity contribution in [3.8, 4) is 5.75 Å². The number of nitrogens with one attached hydrogen (secondary N) is 1. The molecule has 1 aliphatic heterocycles. The van der Waals surface area contributed by atoms with Gasteiger partial charge >= 0.3 is 0 Å². The molecule has 4 nitrogen and oxygen atoms in total. The van der Waals surface area contributed by atoms with Crippen molar-refractivity contribution in [1.82, 2.24) is 5.32 Å². The van der Waals surface area contributed by atoms with E-state index in [0.717, 1.165) is 23.4 Å². The normalized spacial score (nSPS) is 19.6. The van der Waals surface area contributed by atoms with Crippen molar-refractivity contribution in [1.29, 1.82) is 0 Å². The van der Waals surface area contributed by atoms with Crippen LogP contribution in [0.25, 0.3) is 0 Å². The number of Topliss-reactive ketones (excluding diaryl/α,β-unsaturated/α-hetero) is 1. The number of aryl methyl sites for hydroxylation is 1. The van der Waals surface area contributed by atoms with Crippen LogP contribution in [-0.2, 0) is 16.0 Å². The van der Waals surface area contributed by atoms with Crippen molar-refractivity contribution in [3.05, 3.63) is 29.3 Å². The second kappa shape index (κ2) is 5.98. The Balaban J connectivity index is 2.07. The van der Waals surface area contributed by atoms with Crippen molar-refractivity contribution in [2.24, 2.45) is 0 Å². The summed E-state index contributed by atoms with van der Waals surface area (Å²) in [6.07, 6.45) is 0.0287. The first-order chi connectivity index (χ1) is 8.70. The Morgan fingerprint density at radius 2 is 2.39 bits per heavy atom. The lowest BCUT2D eigenvalue weighted by molar-refractivity contribution is -0.131. The highest BCUT2D eigenvalue weighted by molar-refractivity contribution is 5.86. The summed E-state index contributed by atoms with van der Waals surface area (Å²) in [5.41, 5.74) is 2.05. The summed E-state index contributed by atoms with van der Waals surface area (Å²) in [5, 5.41) is 3.16. The van der Waals surface area contributed by atoms with Gasteiger partial charge in [-0.2, -0.15) is 0 Å². The van der Waals surface area contributed by atoms with E-state index in [2.05, 4.69) is 5.32 Å². The smallest absolute Gasteiger partial charge is 0.167 e. The zero-order chi connectivity index (χ0) is 13.0. The Morgan fingerprint density at radius 3 is 3.06 bits per heavy atom. The predicted octanol–water partition coefficient (Wildman–Crippen LogP) is 1.10. The monoisotopic (exact) mass is 249 g/mol. The van der Waals surface area contributed by atoms with E-state index in [-0.39, 0.29) is 11.9 Å². The first-order valence-corrected chi connectivity index (χ1v) is 6.19. The molecule has 1 aromatic rings. The lowest BCUT2D eigenvalue weighted by Crippen LogP contribution is -2.43. The zero-order valence-electron chi connectivity index (χ0n) is 10.9. The number of benzene rings is 1. The van der Waals surface area contributed by atoms with Gasteiger partial charge in [0, 0.05) is 25.1 Å². The number of carbonyl (C=O) groups excluding carboxylic acids is 1. The fraction of sp³-hybridized carbons (Fsp3) is 0.500. The standard InChI is InChI=1S/C14H19NO3/c1-10-3-4-13(17-2)11(7-10)8-12(16)14-9-15-5-6-18-14/h3-4,7,14-15H,5-6,8-9H2,1-2H3. The fourth-order valence-electron chi connectivity index (χ4n) is 2.12. The maximum atomic E-state index is 12.1. The molecule has 1 fully saturated rings. The molecule has 0 saturated carbocycles. The summed E-state index contributed by atoms with van der Waals surface area (Å²) in [7, 11) is 1.62. The molecule has 0 aromatic heterocycles. The minimum Gasteiger partial charge on any atom is -0.496 e. The van der Waals surface area contributed by atoms with E-state index >= 15 is 0 Å². The molecule has 1 heterocycles. The van der Waals surface area contributed by atoms with Gasteiger partial charge in [-0.3, -0.25) is 4.79 Å². The van der Waals surface area contributed by atoms with Crippen LogP contribution in [0.1, 0.15) is 11.1 Å². The van der Waals surface area contributed by atoms with E-state index in [4.69, 9.17) is 9.47 Å². The third kappa shape index (κ3) is 3.09. The molecule has 1 aromatic carbocycles. The van der Waals surface area contributed by atoms with E-state index in [1.807, 2.05) is 25.1 Å². The molecule has 0 aliphatic carbocycles. The van der Waals surface area contributed by atoms with Gasteiger partial charge in [0.05, 0.1) is 13.7 Å². The van der Waals surface area contributed by atoms with Crippen LogP contribution in [0.15, 0.2) is 18.2 Å². The van der Waals surface area contributed by atoms with Crippen LogP contribution >= 0.6 is 0 Å². The van der Waals surface area contributed by atoms with E-state index in [1.54, 1.807) is 7.11 Å². The largest absolute Gasteiger partial charge is 0.496 e. The average Bonchev–Trinajstić information content (AvgIpc) is 2.40. The second-order valence-electron chi connectivity index (χ2n) is 4.52. The van der Waals surface area contributed by atoms with Crippen molar-refractivity contribution in [3.63, 3.8) is 0 Å². The van der Waals surface area contributed by atoms with Gasteiger partial charge in [-0.1, -0.05) is 17.7 Å². The quantitative estimate of drug-likeness (QED) is 0.868. The summed E-state index contributed by atoms with van der Waals surface area (Å²) in [4.78, 5) is 12.1. The molecule has 1 atom stereocenters. The van der Waals surface area contributed by atoms with Crippen LogP contribution in [0, 0.1) is 6.92 Å². The van der Waals surface area contributed by atoms with E-state index in [1.165, 1.54) is 0 Å². The number of rotatable bonds is 4. The molecule has 98 valence electrons. The number of hydrogen-bond donors (Lipinski definition) is 1. The highest BCUT2D eigenvalue weighted by Crippen LogP contribution is 2.21. The molecule has 0 radical (unpaired) electrons. The molecule has 1 saturated heterocycles. The number of carbonyl (C=O) groups is 1. The lowest BCUT2D eigenvalue weighted by atomic mass is 10.0. The number of methoxy groups -OCH3 is 1. The van der Waals surface area contributed by atoms with Gasteiger partial charge in [0.2, 0.25) is 0 Å². The maximum absolute atomic E-state index is 12.1. The van der Waals surface area contributed by atoms with Crippen molar-refractivity contribution < 1.29 is 14.3 Å². The van der Waals surface area contributed by atoms with Crippen molar-refractivity contribution in [2.45, 2.75) is 19.4 Å². The topological polar surface area (TPSA) is 47.6 Å². The second-order valence-corrected chi connectivity index (χ2v) is 4.52. The van der Waals surface area contributed by atoms with Gasteiger partial charge in [-0.15, -0.1) is 0 Å². The molecule has 0 amide bonds. The van der Waals surface area contributed by atoms with Gasteiger partial charge in [-0.25, -0.2) is 0 Å². The minimum atomic E-state index is -0.330. The Labute approximate surface area is 107 Å². The van der Waals surface area contributed by atoms with Crippen molar-refractivity contribution in [2.75, 3.05) is 26.8 Å².